The zero-order valence-electron chi connectivity index (χ0n) is 16.7. The second kappa shape index (κ2) is 8.37. The minimum absolute atomic E-state index is 0.00408. The number of hydrogen-bond acceptors (Lipinski definition) is 5. The van der Waals surface area contributed by atoms with Crippen molar-refractivity contribution in [1.29, 1.82) is 0 Å². The highest BCUT2D eigenvalue weighted by atomic mass is 32.1. The molecule has 0 spiro atoms. The van der Waals surface area contributed by atoms with E-state index in [2.05, 4.69) is 10.3 Å². The van der Waals surface area contributed by atoms with Crippen LogP contribution in [0.25, 0.3) is 21.3 Å². The Morgan fingerprint density at radius 3 is 2.69 bits per heavy atom. The van der Waals surface area contributed by atoms with Crippen molar-refractivity contribution in [3.05, 3.63) is 45.8 Å². The number of rotatable bonds is 6. The molecule has 6 nitrogen and oxygen atoms in total. The van der Waals surface area contributed by atoms with Gasteiger partial charge in [0.05, 0.1) is 18.3 Å². The highest BCUT2D eigenvalue weighted by Gasteiger charge is 2.20. The van der Waals surface area contributed by atoms with Crippen molar-refractivity contribution in [3.8, 4) is 16.9 Å². The summed E-state index contributed by atoms with van der Waals surface area (Å²) in [6.45, 7) is 4.54. The number of fused-ring (bicyclic) bond motifs is 1. The molecule has 1 fully saturated rings. The third-order valence-electron chi connectivity index (χ3n) is 5.34. The lowest BCUT2D eigenvalue weighted by Gasteiger charge is -2.12. The molecule has 1 aliphatic rings. The van der Waals surface area contributed by atoms with Crippen LogP contribution in [0.2, 0.25) is 0 Å². The summed E-state index contributed by atoms with van der Waals surface area (Å²) in [5, 5.41) is 3.61. The first-order valence-electron chi connectivity index (χ1n) is 10.1. The molecule has 1 saturated carbocycles. The Balaban J connectivity index is 1.67. The Kier molecular flexibility index (Phi) is 5.67. The fourth-order valence-electron chi connectivity index (χ4n) is 3.98. The van der Waals surface area contributed by atoms with Gasteiger partial charge in [-0.1, -0.05) is 25.0 Å². The quantitative estimate of drug-likeness (QED) is 0.668. The molecule has 1 N–H and O–H groups in total. The van der Waals surface area contributed by atoms with E-state index in [0.29, 0.717) is 16.8 Å². The van der Waals surface area contributed by atoms with E-state index >= 15 is 0 Å². The van der Waals surface area contributed by atoms with E-state index in [4.69, 9.17) is 4.74 Å². The molecule has 7 heteroatoms. The van der Waals surface area contributed by atoms with Crippen molar-refractivity contribution in [2.24, 2.45) is 0 Å². The summed E-state index contributed by atoms with van der Waals surface area (Å²) < 4.78 is 6.93. The summed E-state index contributed by atoms with van der Waals surface area (Å²) in [6, 6.07) is 7.97. The zero-order chi connectivity index (χ0) is 20.4. The van der Waals surface area contributed by atoms with Gasteiger partial charge < -0.3 is 10.1 Å². The molecule has 0 radical (unpaired) electrons. The van der Waals surface area contributed by atoms with Crippen LogP contribution in [-0.2, 0) is 11.3 Å². The van der Waals surface area contributed by atoms with Crippen LogP contribution in [0.3, 0.4) is 0 Å². The Labute approximate surface area is 173 Å². The molecule has 0 saturated heterocycles. The van der Waals surface area contributed by atoms with E-state index in [1.807, 2.05) is 38.1 Å². The molecule has 1 amide bonds. The summed E-state index contributed by atoms with van der Waals surface area (Å²) in [4.78, 5) is 31.8. The van der Waals surface area contributed by atoms with E-state index in [9.17, 15) is 9.59 Å². The van der Waals surface area contributed by atoms with E-state index in [0.717, 1.165) is 47.4 Å². The van der Waals surface area contributed by atoms with Gasteiger partial charge in [-0.05, 0) is 44.4 Å². The number of thiophene rings is 1. The first-order valence-corrected chi connectivity index (χ1v) is 10.9. The molecule has 0 atom stereocenters. The van der Waals surface area contributed by atoms with Crippen LogP contribution >= 0.6 is 11.3 Å². The molecular weight excluding hydrogens is 386 g/mol. The fraction of sp³-hybridized carbons (Fsp3) is 0.409. The third-order valence-corrected chi connectivity index (χ3v) is 6.36. The predicted octanol–water partition coefficient (Wildman–Crippen LogP) is 3.89. The summed E-state index contributed by atoms with van der Waals surface area (Å²) in [7, 11) is 0. The third kappa shape index (κ3) is 4.05. The largest absolute Gasteiger partial charge is 0.494 e. The molecular formula is C22H25N3O3S. The van der Waals surface area contributed by atoms with Gasteiger partial charge in [0.15, 0.2) is 0 Å². The van der Waals surface area contributed by atoms with E-state index in [-0.39, 0.29) is 24.1 Å². The number of nitrogens with zero attached hydrogens (tertiary/aromatic N) is 2. The number of aromatic nitrogens is 2. The van der Waals surface area contributed by atoms with Crippen LogP contribution in [0.1, 0.15) is 37.5 Å². The number of amides is 1. The standard InChI is InChI=1S/C22H25N3O3S/c1-3-28-17-10-8-15(9-11-17)19-14(2)29-21-20(19)22(27)25(13-23-21)12-18(26)24-16-6-4-5-7-16/h8-11,13,16H,3-7,12H2,1-2H3,(H,24,26). The molecule has 1 aliphatic carbocycles. The Morgan fingerprint density at radius 1 is 1.28 bits per heavy atom. The van der Waals surface area contributed by atoms with E-state index in [1.165, 1.54) is 22.2 Å². The monoisotopic (exact) mass is 411 g/mol. The maximum Gasteiger partial charge on any atom is 0.263 e. The van der Waals surface area contributed by atoms with Crippen LogP contribution in [0, 0.1) is 6.92 Å². The summed E-state index contributed by atoms with van der Waals surface area (Å²) in [5.41, 5.74) is 1.66. The van der Waals surface area contributed by atoms with Crippen LogP contribution in [-0.4, -0.2) is 28.1 Å². The molecule has 3 aromatic rings. The number of aryl methyl sites for hydroxylation is 1. The lowest BCUT2D eigenvalue weighted by Crippen LogP contribution is -2.37. The first-order chi connectivity index (χ1) is 14.1. The minimum Gasteiger partial charge on any atom is -0.494 e. The Hall–Kier alpha value is -2.67. The van der Waals surface area contributed by atoms with Gasteiger partial charge in [-0.2, -0.15) is 0 Å². The van der Waals surface area contributed by atoms with Crippen molar-refractivity contribution >= 4 is 27.5 Å². The van der Waals surface area contributed by atoms with Gasteiger partial charge >= 0.3 is 0 Å². The number of carbonyl (C=O) groups is 1. The average molecular weight is 412 g/mol. The van der Waals surface area contributed by atoms with Crippen LogP contribution < -0.4 is 15.6 Å². The van der Waals surface area contributed by atoms with Crippen LogP contribution in [0.5, 0.6) is 5.75 Å². The number of ether oxygens (including phenoxy) is 1. The second-order valence-corrected chi connectivity index (χ2v) is 8.60. The minimum atomic E-state index is -0.176. The molecule has 152 valence electrons. The van der Waals surface area contributed by atoms with Crippen LogP contribution in [0.4, 0.5) is 0 Å². The topological polar surface area (TPSA) is 73.2 Å². The first kappa shape index (κ1) is 19.6. The van der Waals surface area contributed by atoms with Crippen LogP contribution in [0.15, 0.2) is 35.4 Å². The normalized spacial score (nSPS) is 14.4. The summed E-state index contributed by atoms with van der Waals surface area (Å²) in [6.07, 6.45) is 5.82. The van der Waals surface area contributed by atoms with E-state index < -0.39 is 0 Å². The van der Waals surface area contributed by atoms with Crippen molar-refractivity contribution in [3.63, 3.8) is 0 Å². The number of nitrogens with one attached hydrogen (secondary N) is 1. The molecule has 1 aromatic carbocycles. The highest BCUT2D eigenvalue weighted by Crippen LogP contribution is 2.36. The maximum absolute atomic E-state index is 13.2. The molecule has 2 heterocycles. The predicted molar refractivity (Wildman–Crippen MR) is 116 cm³/mol. The smallest absolute Gasteiger partial charge is 0.263 e. The zero-order valence-corrected chi connectivity index (χ0v) is 17.6. The molecule has 2 aromatic heterocycles. The average Bonchev–Trinajstić information content (AvgIpc) is 3.32. The Morgan fingerprint density at radius 2 is 2.00 bits per heavy atom. The molecule has 0 bridgehead atoms. The fourth-order valence-corrected chi connectivity index (χ4v) is 4.98. The molecule has 4 rings (SSSR count). The van der Waals surface area contributed by atoms with Crippen molar-refractivity contribution in [2.45, 2.75) is 52.1 Å². The van der Waals surface area contributed by atoms with Gasteiger partial charge in [-0.15, -0.1) is 11.3 Å². The van der Waals surface area contributed by atoms with Gasteiger partial charge in [0.25, 0.3) is 5.56 Å². The van der Waals surface area contributed by atoms with Crippen molar-refractivity contribution < 1.29 is 9.53 Å². The molecule has 0 unspecified atom stereocenters. The number of benzene rings is 1. The van der Waals surface area contributed by atoms with Gasteiger partial charge in [0.1, 0.15) is 17.1 Å². The lowest BCUT2D eigenvalue weighted by atomic mass is 10.0. The summed E-state index contributed by atoms with van der Waals surface area (Å²) in [5.74, 6) is 0.669. The Bertz CT molecular complexity index is 1080. The van der Waals surface area contributed by atoms with Gasteiger partial charge in [0, 0.05) is 16.5 Å². The van der Waals surface area contributed by atoms with Crippen molar-refractivity contribution in [2.75, 3.05) is 6.61 Å². The van der Waals surface area contributed by atoms with Gasteiger partial charge in [-0.3, -0.25) is 14.2 Å². The van der Waals surface area contributed by atoms with Crippen molar-refractivity contribution in [1.82, 2.24) is 14.9 Å². The molecule has 0 aliphatic heterocycles. The maximum atomic E-state index is 13.2. The highest BCUT2D eigenvalue weighted by molar-refractivity contribution is 7.19. The summed E-state index contributed by atoms with van der Waals surface area (Å²) >= 11 is 1.50. The van der Waals surface area contributed by atoms with E-state index in [1.54, 1.807) is 0 Å². The second-order valence-electron chi connectivity index (χ2n) is 7.40. The van der Waals surface area contributed by atoms with Gasteiger partial charge in [0.2, 0.25) is 5.91 Å². The SMILES string of the molecule is CCOc1ccc(-c2c(C)sc3ncn(CC(=O)NC4CCCC4)c(=O)c23)cc1. The van der Waals surface area contributed by atoms with Gasteiger partial charge in [-0.25, -0.2) is 4.98 Å². The number of hydrogen-bond donors (Lipinski definition) is 1. The molecule has 29 heavy (non-hydrogen) atoms. The number of carbonyl (C=O) groups excluding carboxylic acids is 1. The lowest BCUT2D eigenvalue weighted by molar-refractivity contribution is -0.122.